The molecule has 2 aromatic heterocycles. The van der Waals surface area contributed by atoms with Crippen LogP contribution in [0.1, 0.15) is 5.69 Å². The predicted molar refractivity (Wildman–Crippen MR) is 53.3 cm³/mol. The second kappa shape index (κ2) is 3.30. The highest BCUT2D eigenvalue weighted by Crippen LogP contribution is 2.22. The summed E-state index contributed by atoms with van der Waals surface area (Å²) in [5.74, 6) is 0.110. The molecule has 78 valence electrons. The molecule has 0 bridgehead atoms. The number of nitrogens with two attached hydrogens (primary N) is 1. The van der Waals surface area contributed by atoms with E-state index in [0.29, 0.717) is 17.1 Å². The lowest BCUT2D eigenvalue weighted by Gasteiger charge is -1.98. The third-order valence-electron chi connectivity index (χ3n) is 2.05. The lowest BCUT2D eigenvalue weighted by Crippen LogP contribution is -1.97. The zero-order valence-corrected chi connectivity index (χ0v) is 8.40. The van der Waals surface area contributed by atoms with E-state index in [1.54, 1.807) is 13.0 Å². The van der Waals surface area contributed by atoms with Gasteiger partial charge in [0.2, 0.25) is 5.95 Å². The van der Waals surface area contributed by atoms with E-state index in [9.17, 15) is 4.39 Å². The van der Waals surface area contributed by atoms with E-state index < -0.39 is 5.95 Å². The predicted octanol–water partition coefficient (Wildman–Crippen LogP) is 0.907. The van der Waals surface area contributed by atoms with E-state index in [0.717, 1.165) is 4.68 Å². The number of nitrogens with zero attached hydrogens (tertiary/aromatic N) is 4. The van der Waals surface area contributed by atoms with Gasteiger partial charge in [0.15, 0.2) is 5.82 Å². The summed E-state index contributed by atoms with van der Waals surface area (Å²) in [7, 11) is 1.53. The maximum absolute atomic E-state index is 13.6. The maximum atomic E-state index is 13.6. The molecule has 0 fully saturated rings. The van der Waals surface area contributed by atoms with Gasteiger partial charge in [0.1, 0.15) is 5.82 Å². The van der Waals surface area contributed by atoms with Crippen LogP contribution in [0.5, 0.6) is 0 Å². The molecule has 0 atom stereocenters. The van der Waals surface area contributed by atoms with Crippen molar-refractivity contribution >= 4 is 5.82 Å². The Morgan fingerprint density at radius 2 is 2.20 bits per heavy atom. The van der Waals surface area contributed by atoms with Crippen LogP contribution in [0.4, 0.5) is 10.2 Å². The minimum atomic E-state index is -0.460. The van der Waals surface area contributed by atoms with Crippen LogP contribution >= 0.6 is 0 Å². The Kier molecular flexibility index (Phi) is 2.11. The van der Waals surface area contributed by atoms with Crippen molar-refractivity contribution in [3.05, 3.63) is 23.9 Å². The third kappa shape index (κ3) is 1.54. The number of aromatic nitrogens is 4. The summed E-state index contributed by atoms with van der Waals surface area (Å²) < 4.78 is 14.8. The van der Waals surface area contributed by atoms with Crippen molar-refractivity contribution in [1.29, 1.82) is 0 Å². The van der Waals surface area contributed by atoms with Crippen LogP contribution in [0.25, 0.3) is 11.4 Å². The first-order valence-corrected chi connectivity index (χ1v) is 4.37. The highest BCUT2D eigenvalue weighted by atomic mass is 19.1. The normalized spacial score (nSPS) is 10.6. The molecule has 0 aromatic carbocycles. The molecule has 0 saturated carbocycles. The van der Waals surface area contributed by atoms with Crippen molar-refractivity contribution < 1.29 is 4.39 Å². The number of hydrogen-bond acceptors (Lipinski definition) is 4. The van der Waals surface area contributed by atoms with Gasteiger partial charge >= 0.3 is 0 Å². The van der Waals surface area contributed by atoms with Crippen LogP contribution in [0.2, 0.25) is 0 Å². The minimum absolute atomic E-state index is 0.262. The van der Waals surface area contributed by atoms with Crippen LogP contribution in [-0.4, -0.2) is 19.7 Å². The Labute approximate surface area is 85.8 Å². The fourth-order valence-corrected chi connectivity index (χ4v) is 1.38. The number of nitrogen functional groups attached to an aromatic ring is 1. The monoisotopic (exact) mass is 207 g/mol. The summed E-state index contributed by atoms with van der Waals surface area (Å²) in [5.41, 5.74) is 6.34. The molecule has 2 aromatic rings. The van der Waals surface area contributed by atoms with Gasteiger partial charge in [0.05, 0.1) is 11.3 Å². The van der Waals surface area contributed by atoms with Gasteiger partial charge in [-0.25, -0.2) is 14.6 Å². The average molecular weight is 207 g/mol. The smallest absolute Gasteiger partial charge is 0.222 e. The van der Waals surface area contributed by atoms with Gasteiger partial charge in [-0.1, -0.05) is 0 Å². The first-order valence-electron chi connectivity index (χ1n) is 4.37. The van der Waals surface area contributed by atoms with Crippen molar-refractivity contribution in [2.24, 2.45) is 7.05 Å². The van der Waals surface area contributed by atoms with Crippen LogP contribution in [0, 0.1) is 12.9 Å². The van der Waals surface area contributed by atoms with E-state index in [-0.39, 0.29) is 5.82 Å². The first-order chi connectivity index (χ1) is 7.09. The number of anilines is 1. The van der Waals surface area contributed by atoms with E-state index in [1.165, 1.54) is 13.2 Å². The summed E-state index contributed by atoms with van der Waals surface area (Å²) in [6.45, 7) is 1.70. The Morgan fingerprint density at radius 3 is 2.73 bits per heavy atom. The second-order valence-electron chi connectivity index (χ2n) is 3.18. The lowest BCUT2D eigenvalue weighted by molar-refractivity contribution is 0.505. The van der Waals surface area contributed by atoms with Crippen molar-refractivity contribution in [1.82, 2.24) is 19.7 Å². The van der Waals surface area contributed by atoms with Gasteiger partial charge in [-0.05, 0) is 13.0 Å². The van der Waals surface area contributed by atoms with Gasteiger partial charge in [0, 0.05) is 13.2 Å². The number of halogens is 1. The number of rotatable bonds is 1. The van der Waals surface area contributed by atoms with Crippen LogP contribution in [0.3, 0.4) is 0 Å². The zero-order valence-electron chi connectivity index (χ0n) is 8.40. The molecule has 6 heteroatoms. The van der Waals surface area contributed by atoms with Crippen molar-refractivity contribution in [3.8, 4) is 11.4 Å². The molecule has 0 saturated heterocycles. The average Bonchev–Trinajstić information content (AvgIpc) is 2.41. The quantitative estimate of drug-likeness (QED) is 0.754. The minimum Gasteiger partial charge on any atom is -0.384 e. The molecule has 0 unspecified atom stereocenters. The SMILES string of the molecule is Cc1nn(C)c(F)c1-c1nccc(N)n1. The Balaban J connectivity index is 2.63. The Morgan fingerprint density at radius 1 is 1.47 bits per heavy atom. The highest BCUT2D eigenvalue weighted by molar-refractivity contribution is 5.58. The molecule has 2 heterocycles. The van der Waals surface area contributed by atoms with E-state index in [2.05, 4.69) is 15.1 Å². The molecule has 0 amide bonds. The molecule has 0 aliphatic heterocycles. The standard InChI is InChI=1S/C9H10FN5/c1-5-7(8(10)15(2)14-5)9-12-4-3-6(11)13-9/h3-4H,1-2H3,(H2,11,12,13). The van der Waals surface area contributed by atoms with Crippen molar-refractivity contribution in [2.45, 2.75) is 6.92 Å². The van der Waals surface area contributed by atoms with E-state index >= 15 is 0 Å². The lowest BCUT2D eigenvalue weighted by atomic mass is 10.2. The fraction of sp³-hybridized carbons (Fsp3) is 0.222. The van der Waals surface area contributed by atoms with Crippen molar-refractivity contribution in [2.75, 3.05) is 5.73 Å². The van der Waals surface area contributed by atoms with Crippen LogP contribution < -0.4 is 5.73 Å². The molecule has 2 rings (SSSR count). The van der Waals surface area contributed by atoms with Crippen molar-refractivity contribution in [3.63, 3.8) is 0 Å². The summed E-state index contributed by atoms with van der Waals surface area (Å²) in [6, 6.07) is 1.55. The molecule has 0 radical (unpaired) electrons. The Bertz CT molecular complexity index is 505. The molecule has 15 heavy (non-hydrogen) atoms. The summed E-state index contributed by atoms with van der Waals surface area (Å²) in [6.07, 6.45) is 1.49. The zero-order chi connectivity index (χ0) is 11.0. The fourth-order valence-electron chi connectivity index (χ4n) is 1.38. The molecule has 0 spiro atoms. The maximum Gasteiger partial charge on any atom is 0.222 e. The largest absolute Gasteiger partial charge is 0.384 e. The van der Waals surface area contributed by atoms with Gasteiger partial charge in [-0.3, -0.25) is 0 Å². The highest BCUT2D eigenvalue weighted by Gasteiger charge is 2.17. The van der Waals surface area contributed by atoms with Gasteiger partial charge in [-0.2, -0.15) is 9.49 Å². The first kappa shape index (κ1) is 9.57. The number of aryl methyl sites for hydroxylation is 2. The molecular weight excluding hydrogens is 197 g/mol. The van der Waals surface area contributed by atoms with Gasteiger partial charge in [0.25, 0.3) is 0 Å². The molecule has 0 aliphatic carbocycles. The molecular formula is C9H10FN5. The molecule has 2 N–H and O–H groups in total. The number of hydrogen-bond donors (Lipinski definition) is 1. The topological polar surface area (TPSA) is 69.6 Å². The molecule has 5 nitrogen and oxygen atoms in total. The summed E-state index contributed by atoms with van der Waals surface area (Å²) >= 11 is 0. The second-order valence-corrected chi connectivity index (χ2v) is 3.18. The van der Waals surface area contributed by atoms with Gasteiger partial charge in [-0.15, -0.1) is 0 Å². The molecule has 0 aliphatic rings. The third-order valence-corrected chi connectivity index (χ3v) is 2.05. The van der Waals surface area contributed by atoms with E-state index in [4.69, 9.17) is 5.73 Å². The Hall–Kier alpha value is -1.98. The van der Waals surface area contributed by atoms with Gasteiger partial charge < -0.3 is 5.73 Å². The van der Waals surface area contributed by atoms with E-state index in [1.807, 2.05) is 0 Å². The van der Waals surface area contributed by atoms with Crippen LogP contribution in [0.15, 0.2) is 12.3 Å². The summed E-state index contributed by atoms with van der Waals surface area (Å²) in [5, 5.41) is 3.94. The van der Waals surface area contributed by atoms with Crippen LogP contribution in [-0.2, 0) is 7.05 Å². The summed E-state index contributed by atoms with van der Waals surface area (Å²) in [4.78, 5) is 7.91.